The van der Waals surface area contributed by atoms with Crippen molar-refractivity contribution < 1.29 is 27.1 Å². The van der Waals surface area contributed by atoms with E-state index in [1.165, 1.54) is 0 Å². The lowest BCUT2D eigenvalue weighted by atomic mass is 9.94. The summed E-state index contributed by atoms with van der Waals surface area (Å²) in [5, 5.41) is 11.9. The number of nitrogens with one attached hydrogen (secondary N) is 1. The number of piperidine rings is 1. The van der Waals surface area contributed by atoms with Crippen LogP contribution in [0.1, 0.15) is 0 Å². The van der Waals surface area contributed by atoms with E-state index in [-0.39, 0.29) is 13.1 Å². The molecule has 82 valence electrons. The fourth-order valence-corrected chi connectivity index (χ4v) is 1.83. The minimum absolute atomic E-state index is 0.0836. The molecule has 0 aromatic heterocycles. The number of β-amino-alcohol motifs (C(OH)–C–C–N with tert-alkyl or cyclic N) is 1. The molecule has 0 bridgehead atoms. The summed E-state index contributed by atoms with van der Waals surface area (Å²) < 4.78 is 33.4. The Morgan fingerprint density at radius 2 is 2.07 bits per heavy atom. The molecular weight excluding hydrogens is 214 g/mol. The second-order valence-corrected chi connectivity index (χ2v) is 4.05. The molecular formula is C6H11NO6S. The zero-order valence-corrected chi connectivity index (χ0v) is 7.98. The summed E-state index contributed by atoms with van der Waals surface area (Å²) in [6.07, 6.45) is -1.65. The molecule has 1 rings (SSSR count). The van der Waals surface area contributed by atoms with E-state index in [2.05, 4.69) is 9.50 Å². The molecule has 0 unspecified atom stereocenters. The van der Waals surface area contributed by atoms with Crippen LogP contribution < -0.4 is 5.32 Å². The number of aliphatic hydroxyl groups excluding tert-OH is 1. The molecule has 3 atom stereocenters. The Morgan fingerprint density at radius 1 is 1.43 bits per heavy atom. The first-order valence-electron chi connectivity index (χ1n) is 3.94. The largest absolute Gasteiger partial charge is 0.397 e. The van der Waals surface area contributed by atoms with Crippen molar-refractivity contribution in [3.8, 4) is 0 Å². The fourth-order valence-electron chi connectivity index (χ4n) is 1.33. The molecule has 1 saturated heterocycles. The summed E-state index contributed by atoms with van der Waals surface area (Å²) in [5.41, 5.74) is 0. The average molecular weight is 225 g/mol. The third-order valence-electron chi connectivity index (χ3n) is 1.97. The Balaban J connectivity index is 2.70. The summed E-state index contributed by atoms with van der Waals surface area (Å²) in [6.45, 7) is 0.273. The molecule has 8 heteroatoms. The van der Waals surface area contributed by atoms with Crippen molar-refractivity contribution in [3.63, 3.8) is 0 Å². The molecule has 3 N–H and O–H groups in total. The minimum atomic E-state index is -4.60. The van der Waals surface area contributed by atoms with E-state index in [1.807, 2.05) is 0 Å². The number of hydrogen-bond donors (Lipinski definition) is 3. The molecule has 0 aromatic rings. The highest BCUT2D eigenvalue weighted by molar-refractivity contribution is 7.80. The highest BCUT2D eigenvalue weighted by Crippen LogP contribution is 2.15. The zero-order valence-electron chi connectivity index (χ0n) is 7.16. The van der Waals surface area contributed by atoms with E-state index in [0.29, 0.717) is 6.29 Å². The van der Waals surface area contributed by atoms with Gasteiger partial charge in [-0.15, -0.1) is 0 Å². The van der Waals surface area contributed by atoms with Crippen LogP contribution in [-0.2, 0) is 19.4 Å². The summed E-state index contributed by atoms with van der Waals surface area (Å²) in [4.78, 5) is 10.5. The van der Waals surface area contributed by atoms with Crippen LogP contribution in [-0.4, -0.2) is 49.7 Å². The van der Waals surface area contributed by atoms with Crippen LogP contribution >= 0.6 is 0 Å². The van der Waals surface area contributed by atoms with Gasteiger partial charge in [0.1, 0.15) is 12.4 Å². The Labute approximate surface area is 81.0 Å². The highest BCUT2D eigenvalue weighted by Gasteiger charge is 2.35. The van der Waals surface area contributed by atoms with Crippen molar-refractivity contribution in [2.45, 2.75) is 12.2 Å². The van der Waals surface area contributed by atoms with E-state index in [4.69, 9.17) is 4.55 Å². The lowest BCUT2D eigenvalue weighted by Crippen LogP contribution is -2.52. The number of carbonyl (C=O) groups is 1. The molecule has 0 saturated carbocycles. The highest BCUT2D eigenvalue weighted by atomic mass is 32.3. The van der Waals surface area contributed by atoms with Crippen molar-refractivity contribution in [2.75, 3.05) is 13.1 Å². The first-order chi connectivity index (χ1) is 6.44. The second-order valence-electron chi connectivity index (χ2n) is 3.00. The van der Waals surface area contributed by atoms with Crippen molar-refractivity contribution in [2.24, 2.45) is 5.92 Å². The lowest BCUT2D eigenvalue weighted by molar-refractivity contribution is -0.119. The van der Waals surface area contributed by atoms with Crippen LogP contribution in [0, 0.1) is 5.92 Å². The monoisotopic (exact) mass is 225 g/mol. The standard InChI is InChI=1S/C6H11NO6S/c8-3-4-5(9)1-7-2-6(4)13-14(10,11)12/h3-7,9H,1-2H2,(H,10,11,12)/t4-,5-,6+/m0/s1. The van der Waals surface area contributed by atoms with Crippen molar-refractivity contribution in [3.05, 3.63) is 0 Å². The van der Waals surface area contributed by atoms with E-state index >= 15 is 0 Å². The number of hydrogen-bond acceptors (Lipinski definition) is 6. The van der Waals surface area contributed by atoms with Gasteiger partial charge in [0.15, 0.2) is 0 Å². The third-order valence-corrected chi connectivity index (χ3v) is 2.47. The van der Waals surface area contributed by atoms with Gasteiger partial charge in [-0.05, 0) is 0 Å². The molecule has 14 heavy (non-hydrogen) atoms. The van der Waals surface area contributed by atoms with Crippen molar-refractivity contribution in [1.82, 2.24) is 5.32 Å². The summed E-state index contributed by atoms with van der Waals surface area (Å²) in [6, 6.07) is 0. The van der Waals surface area contributed by atoms with Gasteiger partial charge in [0.2, 0.25) is 0 Å². The summed E-state index contributed by atoms with van der Waals surface area (Å²) in [7, 11) is -4.60. The Kier molecular flexibility index (Phi) is 3.56. The lowest BCUT2D eigenvalue weighted by Gasteiger charge is -2.30. The van der Waals surface area contributed by atoms with Crippen LogP contribution in [0.3, 0.4) is 0 Å². The van der Waals surface area contributed by atoms with Gasteiger partial charge in [0.05, 0.1) is 12.0 Å². The molecule has 1 fully saturated rings. The third kappa shape index (κ3) is 3.00. The molecule has 0 spiro atoms. The predicted molar refractivity (Wildman–Crippen MR) is 44.9 cm³/mol. The second kappa shape index (κ2) is 4.32. The van der Waals surface area contributed by atoms with Crippen molar-refractivity contribution >= 4 is 16.7 Å². The molecule has 7 nitrogen and oxygen atoms in total. The SMILES string of the molecule is O=C[C@H]1[C@@H](O)CNC[C@H]1OS(=O)(=O)O. The van der Waals surface area contributed by atoms with Crippen LogP contribution in [0.15, 0.2) is 0 Å². The quantitative estimate of drug-likeness (QED) is 0.374. The summed E-state index contributed by atoms with van der Waals surface area (Å²) in [5.74, 6) is -0.946. The van der Waals surface area contributed by atoms with Gasteiger partial charge in [0.25, 0.3) is 0 Å². The van der Waals surface area contributed by atoms with E-state index in [1.54, 1.807) is 0 Å². The molecule has 1 heterocycles. The van der Waals surface area contributed by atoms with Gasteiger partial charge in [0, 0.05) is 13.1 Å². The number of carbonyl (C=O) groups excluding carboxylic acids is 1. The van der Waals surface area contributed by atoms with Gasteiger partial charge in [-0.3, -0.25) is 4.55 Å². The number of aliphatic hydroxyl groups is 1. The first kappa shape index (κ1) is 11.5. The van der Waals surface area contributed by atoms with Gasteiger partial charge in [-0.1, -0.05) is 0 Å². The normalized spacial score (nSPS) is 34.0. The van der Waals surface area contributed by atoms with Crippen LogP contribution in [0.4, 0.5) is 0 Å². The minimum Gasteiger partial charge on any atom is -0.391 e. The van der Waals surface area contributed by atoms with Gasteiger partial charge >= 0.3 is 10.4 Å². The van der Waals surface area contributed by atoms with Crippen LogP contribution in [0.5, 0.6) is 0 Å². The van der Waals surface area contributed by atoms with Crippen LogP contribution in [0.25, 0.3) is 0 Å². The molecule has 1 aliphatic heterocycles. The van der Waals surface area contributed by atoms with E-state index in [9.17, 15) is 18.3 Å². The Morgan fingerprint density at radius 3 is 2.57 bits per heavy atom. The Bertz CT molecular complexity index is 301. The van der Waals surface area contributed by atoms with E-state index in [0.717, 1.165) is 0 Å². The maximum Gasteiger partial charge on any atom is 0.397 e. The average Bonchev–Trinajstić information content (AvgIpc) is 2.01. The van der Waals surface area contributed by atoms with Gasteiger partial charge in [-0.25, -0.2) is 4.18 Å². The molecule has 1 aliphatic rings. The zero-order chi connectivity index (χ0) is 10.8. The van der Waals surface area contributed by atoms with Gasteiger partial charge in [-0.2, -0.15) is 8.42 Å². The topological polar surface area (TPSA) is 113 Å². The molecule has 0 amide bonds. The van der Waals surface area contributed by atoms with Crippen LogP contribution in [0.2, 0.25) is 0 Å². The molecule has 0 radical (unpaired) electrons. The van der Waals surface area contributed by atoms with Gasteiger partial charge < -0.3 is 15.2 Å². The number of rotatable bonds is 3. The summed E-state index contributed by atoms with van der Waals surface area (Å²) >= 11 is 0. The molecule has 0 aromatic carbocycles. The first-order valence-corrected chi connectivity index (χ1v) is 5.30. The smallest absolute Gasteiger partial charge is 0.391 e. The molecule has 0 aliphatic carbocycles. The maximum absolute atomic E-state index is 10.5. The fraction of sp³-hybridized carbons (Fsp3) is 0.833. The van der Waals surface area contributed by atoms with E-state index < -0.39 is 28.5 Å². The predicted octanol–water partition coefficient (Wildman–Crippen LogP) is -2.05. The maximum atomic E-state index is 10.5. The Hall–Kier alpha value is -0.540. The number of aldehydes is 1. The van der Waals surface area contributed by atoms with Crippen molar-refractivity contribution in [1.29, 1.82) is 0 Å².